The number of hydrogen-bond donors (Lipinski definition) is 2. The predicted molar refractivity (Wildman–Crippen MR) is 74.8 cm³/mol. The van der Waals surface area contributed by atoms with Crippen LogP contribution < -0.4 is 5.32 Å². The topological polar surface area (TPSA) is 62.5 Å². The van der Waals surface area contributed by atoms with Gasteiger partial charge in [0.05, 0.1) is 6.54 Å². The van der Waals surface area contributed by atoms with Gasteiger partial charge in [-0.15, -0.1) is 0 Å². The molecule has 0 aliphatic carbocycles. The van der Waals surface area contributed by atoms with Crippen LogP contribution in [0.1, 0.15) is 57.5 Å². The highest BCUT2D eigenvalue weighted by Gasteiger charge is 2.27. The van der Waals surface area contributed by atoms with E-state index >= 15 is 0 Å². The number of rotatable bonds is 8. The zero-order valence-corrected chi connectivity index (χ0v) is 12.2. The Morgan fingerprint density at radius 1 is 1.37 bits per heavy atom. The first-order valence-corrected chi connectivity index (χ1v) is 7.01. The fourth-order valence-electron chi connectivity index (χ4n) is 1.88. The molecule has 1 unspecified atom stereocenters. The second kappa shape index (κ2) is 7.34. The van der Waals surface area contributed by atoms with Crippen LogP contribution in [0.2, 0.25) is 0 Å². The van der Waals surface area contributed by atoms with Crippen molar-refractivity contribution in [2.75, 3.05) is 6.54 Å². The van der Waals surface area contributed by atoms with E-state index in [0.717, 1.165) is 31.4 Å². The smallest absolute Gasteiger partial charge is 0.220 e. The Bertz CT molecular complexity index is 396. The summed E-state index contributed by atoms with van der Waals surface area (Å²) < 4.78 is 5.39. The van der Waals surface area contributed by atoms with Gasteiger partial charge in [0.15, 0.2) is 0 Å². The van der Waals surface area contributed by atoms with Crippen molar-refractivity contribution in [2.45, 2.75) is 58.5 Å². The van der Waals surface area contributed by atoms with E-state index in [1.165, 1.54) is 0 Å². The Morgan fingerprint density at radius 3 is 2.68 bits per heavy atom. The number of furan rings is 1. The molecule has 0 fully saturated rings. The molecule has 0 aliphatic heterocycles. The summed E-state index contributed by atoms with van der Waals surface area (Å²) in [6, 6.07) is 3.54. The fourth-order valence-corrected chi connectivity index (χ4v) is 1.88. The Hall–Kier alpha value is -1.29. The van der Waals surface area contributed by atoms with Crippen LogP contribution in [0, 0.1) is 6.92 Å². The number of amides is 1. The van der Waals surface area contributed by atoms with Crippen molar-refractivity contribution in [1.29, 1.82) is 0 Å². The van der Waals surface area contributed by atoms with Crippen molar-refractivity contribution >= 4 is 5.91 Å². The maximum absolute atomic E-state index is 11.6. The lowest BCUT2D eigenvalue weighted by Gasteiger charge is -2.21. The van der Waals surface area contributed by atoms with Crippen molar-refractivity contribution in [2.24, 2.45) is 0 Å². The Balaban J connectivity index is 2.32. The Labute approximate surface area is 115 Å². The highest BCUT2D eigenvalue weighted by molar-refractivity contribution is 5.75. The number of carbonyl (C=O) groups excluding carboxylic acids is 1. The molecule has 0 aromatic carbocycles. The lowest BCUT2D eigenvalue weighted by molar-refractivity contribution is -0.122. The van der Waals surface area contributed by atoms with E-state index < -0.39 is 5.60 Å². The van der Waals surface area contributed by atoms with Gasteiger partial charge in [-0.25, -0.2) is 0 Å². The fraction of sp³-hybridized carbons (Fsp3) is 0.667. The number of hydrogen-bond acceptors (Lipinski definition) is 3. The normalized spacial score (nSPS) is 14.1. The highest BCUT2D eigenvalue weighted by atomic mass is 16.4. The summed E-state index contributed by atoms with van der Waals surface area (Å²) in [4.78, 5) is 11.6. The van der Waals surface area contributed by atoms with E-state index in [-0.39, 0.29) is 12.5 Å². The number of unbranched alkanes of at least 4 members (excludes halogenated alkanes) is 3. The quantitative estimate of drug-likeness (QED) is 0.712. The van der Waals surface area contributed by atoms with Gasteiger partial charge in [-0.1, -0.05) is 26.2 Å². The van der Waals surface area contributed by atoms with Crippen LogP contribution in [-0.4, -0.2) is 17.6 Å². The molecule has 4 heteroatoms. The molecule has 0 spiro atoms. The summed E-state index contributed by atoms with van der Waals surface area (Å²) in [5.74, 6) is 1.22. The predicted octanol–water partition coefficient (Wildman–Crippen LogP) is 2.88. The van der Waals surface area contributed by atoms with Crippen LogP contribution in [0.4, 0.5) is 0 Å². The van der Waals surface area contributed by atoms with E-state index in [1.807, 2.05) is 6.92 Å². The Morgan fingerprint density at radius 2 is 2.11 bits per heavy atom. The molecule has 1 heterocycles. The molecule has 1 aromatic heterocycles. The summed E-state index contributed by atoms with van der Waals surface area (Å²) >= 11 is 0. The average molecular weight is 267 g/mol. The first-order valence-electron chi connectivity index (χ1n) is 7.01. The number of nitrogens with one attached hydrogen (secondary N) is 1. The minimum Gasteiger partial charge on any atom is -0.463 e. The summed E-state index contributed by atoms with van der Waals surface area (Å²) in [5.41, 5.74) is -1.16. The van der Waals surface area contributed by atoms with Crippen LogP contribution >= 0.6 is 0 Å². The maximum Gasteiger partial charge on any atom is 0.220 e. The zero-order chi connectivity index (χ0) is 14.3. The van der Waals surface area contributed by atoms with Gasteiger partial charge >= 0.3 is 0 Å². The van der Waals surface area contributed by atoms with Gasteiger partial charge in [-0.05, 0) is 32.4 Å². The van der Waals surface area contributed by atoms with Crippen LogP contribution in [-0.2, 0) is 10.4 Å². The molecule has 0 radical (unpaired) electrons. The standard InChI is InChI=1S/C15H25NO3/c1-4-5-6-7-8-14(17)16-11-15(3,18)13-10-9-12(2)19-13/h9-10,18H,4-8,11H2,1-3H3,(H,16,17). The zero-order valence-electron chi connectivity index (χ0n) is 12.2. The molecular formula is C15H25NO3. The van der Waals surface area contributed by atoms with Gasteiger partial charge < -0.3 is 14.8 Å². The molecule has 19 heavy (non-hydrogen) atoms. The van der Waals surface area contributed by atoms with E-state index in [9.17, 15) is 9.90 Å². The molecule has 0 saturated heterocycles. The second-order valence-corrected chi connectivity index (χ2v) is 5.27. The summed E-state index contributed by atoms with van der Waals surface area (Å²) in [7, 11) is 0. The minimum atomic E-state index is -1.16. The van der Waals surface area contributed by atoms with Crippen molar-refractivity contribution in [1.82, 2.24) is 5.32 Å². The van der Waals surface area contributed by atoms with Gasteiger partial charge in [0.2, 0.25) is 5.91 Å². The molecule has 108 valence electrons. The molecule has 1 rings (SSSR count). The molecule has 1 atom stereocenters. The van der Waals surface area contributed by atoms with Crippen molar-refractivity contribution < 1.29 is 14.3 Å². The van der Waals surface area contributed by atoms with Crippen molar-refractivity contribution in [3.8, 4) is 0 Å². The van der Waals surface area contributed by atoms with Crippen LogP contribution in [0.3, 0.4) is 0 Å². The van der Waals surface area contributed by atoms with Crippen LogP contribution in [0.5, 0.6) is 0 Å². The van der Waals surface area contributed by atoms with Crippen molar-refractivity contribution in [3.63, 3.8) is 0 Å². The molecule has 0 saturated carbocycles. The van der Waals surface area contributed by atoms with Crippen molar-refractivity contribution in [3.05, 3.63) is 23.7 Å². The van der Waals surface area contributed by atoms with Gasteiger partial charge in [-0.2, -0.15) is 0 Å². The largest absolute Gasteiger partial charge is 0.463 e. The molecule has 1 amide bonds. The average Bonchev–Trinajstić information content (AvgIpc) is 2.80. The first kappa shape index (κ1) is 15.8. The van der Waals surface area contributed by atoms with Gasteiger partial charge in [-0.3, -0.25) is 4.79 Å². The van der Waals surface area contributed by atoms with E-state index in [2.05, 4.69) is 12.2 Å². The lowest BCUT2D eigenvalue weighted by Crippen LogP contribution is -2.38. The second-order valence-electron chi connectivity index (χ2n) is 5.27. The molecule has 2 N–H and O–H groups in total. The van der Waals surface area contributed by atoms with E-state index in [0.29, 0.717) is 12.2 Å². The Kier molecular flexibility index (Phi) is 6.09. The van der Waals surface area contributed by atoms with E-state index in [4.69, 9.17) is 4.42 Å². The molecular weight excluding hydrogens is 242 g/mol. The monoisotopic (exact) mass is 267 g/mol. The van der Waals surface area contributed by atoms with E-state index in [1.54, 1.807) is 19.1 Å². The molecule has 1 aromatic rings. The van der Waals surface area contributed by atoms with Gasteiger partial charge in [0.25, 0.3) is 0 Å². The summed E-state index contributed by atoms with van der Waals surface area (Å²) in [6.07, 6.45) is 4.83. The number of aryl methyl sites for hydroxylation is 1. The third-order valence-corrected chi connectivity index (χ3v) is 3.16. The lowest BCUT2D eigenvalue weighted by atomic mass is 10.0. The summed E-state index contributed by atoms with van der Waals surface area (Å²) in [5, 5.41) is 13.0. The van der Waals surface area contributed by atoms with Gasteiger partial charge in [0, 0.05) is 6.42 Å². The summed E-state index contributed by atoms with van der Waals surface area (Å²) in [6.45, 7) is 5.78. The third-order valence-electron chi connectivity index (χ3n) is 3.16. The minimum absolute atomic E-state index is 0.0142. The van der Waals surface area contributed by atoms with Crippen LogP contribution in [0.25, 0.3) is 0 Å². The van der Waals surface area contributed by atoms with Crippen LogP contribution in [0.15, 0.2) is 16.5 Å². The first-order chi connectivity index (χ1) is 8.95. The molecule has 4 nitrogen and oxygen atoms in total. The van der Waals surface area contributed by atoms with Gasteiger partial charge in [0.1, 0.15) is 17.1 Å². The number of carbonyl (C=O) groups is 1. The molecule has 0 aliphatic rings. The SMILES string of the molecule is CCCCCCC(=O)NCC(C)(O)c1ccc(C)o1. The molecule has 0 bridgehead atoms. The highest BCUT2D eigenvalue weighted by Crippen LogP contribution is 2.21. The third kappa shape index (κ3) is 5.47. The maximum atomic E-state index is 11.6. The number of aliphatic hydroxyl groups is 1.